The minimum Gasteiger partial charge on any atom is -0.459 e. The molecule has 1 amide bonds. The number of carbonyl (C=O) groups excluding carboxylic acids is 2. The van der Waals surface area contributed by atoms with Gasteiger partial charge in [0, 0.05) is 5.56 Å². The zero-order chi connectivity index (χ0) is 21.0. The standard InChI is InChI=1S/C20H14ClF3N2O3/c21-14-9-8-13(20(22,23)24)11-15(14)25-18(17(27)12-5-2-1-3-6-12)26-19(28)16-7-4-10-29-16/h1-11,18,25H,(H,26,28)/t18-/m0/s1. The number of Topliss-reactive ketones (excluding diaryl/α,β-unsaturated/α-hetero) is 1. The molecule has 1 heterocycles. The molecule has 9 heteroatoms. The van der Waals surface area contributed by atoms with E-state index in [-0.39, 0.29) is 22.0 Å². The molecule has 29 heavy (non-hydrogen) atoms. The van der Waals surface area contributed by atoms with Gasteiger partial charge in [-0.25, -0.2) is 0 Å². The highest BCUT2D eigenvalue weighted by Crippen LogP contribution is 2.34. The van der Waals surface area contributed by atoms with Gasteiger partial charge in [-0.3, -0.25) is 9.59 Å². The zero-order valence-corrected chi connectivity index (χ0v) is 15.4. The molecule has 0 spiro atoms. The number of furan rings is 1. The van der Waals surface area contributed by atoms with E-state index in [4.69, 9.17) is 16.0 Å². The van der Waals surface area contributed by atoms with E-state index in [1.165, 1.54) is 30.5 Å². The fourth-order valence-corrected chi connectivity index (χ4v) is 2.69. The van der Waals surface area contributed by atoms with Crippen molar-refractivity contribution in [3.8, 4) is 0 Å². The smallest absolute Gasteiger partial charge is 0.416 e. The van der Waals surface area contributed by atoms with E-state index in [1.54, 1.807) is 18.2 Å². The average molecular weight is 423 g/mol. The first-order valence-corrected chi connectivity index (χ1v) is 8.70. The lowest BCUT2D eigenvalue weighted by Gasteiger charge is -2.21. The summed E-state index contributed by atoms with van der Waals surface area (Å²) in [5, 5.41) is 4.97. The molecule has 0 unspecified atom stereocenters. The van der Waals surface area contributed by atoms with Gasteiger partial charge in [0.2, 0.25) is 5.78 Å². The quantitative estimate of drug-likeness (QED) is 0.433. The zero-order valence-electron chi connectivity index (χ0n) is 14.7. The molecule has 1 atom stereocenters. The number of hydrogen-bond acceptors (Lipinski definition) is 4. The van der Waals surface area contributed by atoms with Crippen LogP contribution in [0.3, 0.4) is 0 Å². The van der Waals surface area contributed by atoms with Gasteiger partial charge >= 0.3 is 6.18 Å². The molecular formula is C20H14ClF3N2O3. The van der Waals surface area contributed by atoms with Gasteiger partial charge in [0.05, 0.1) is 22.5 Å². The molecule has 0 fully saturated rings. The third-order valence-corrected chi connectivity index (χ3v) is 4.26. The van der Waals surface area contributed by atoms with Gasteiger partial charge in [-0.1, -0.05) is 41.9 Å². The maximum absolute atomic E-state index is 13.0. The van der Waals surface area contributed by atoms with Gasteiger partial charge in [0.15, 0.2) is 11.9 Å². The Morgan fingerprint density at radius 3 is 2.34 bits per heavy atom. The maximum Gasteiger partial charge on any atom is 0.416 e. The van der Waals surface area contributed by atoms with E-state index in [0.717, 1.165) is 18.2 Å². The van der Waals surface area contributed by atoms with Gasteiger partial charge in [-0.2, -0.15) is 13.2 Å². The van der Waals surface area contributed by atoms with Crippen LogP contribution in [0.1, 0.15) is 26.5 Å². The fourth-order valence-electron chi connectivity index (χ4n) is 2.51. The molecule has 3 aromatic rings. The van der Waals surface area contributed by atoms with Crippen LogP contribution in [0.2, 0.25) is 5.02 Å². The summed E-state index contributed by atoms with van der Waals surface area (Å²) < 4.78 is 44.1. The summed E-state index contributed by atoms with van der Waals surface area (Å²) in [7, 11) is 0. The third-order valence-electron chi connectivity index (χ3n) is 3.93. The molecule has 0 aliphatic heterocycles. The number of halogens is 4. The van der Waals surface area contributed by atoms with Gasteiger partial charge in [0.1, 0.15) is 0 Å². The number of alkyl halides is 3. The van der Waals surface area contributed by atoms with Crippen molar-refractivity contribution in [3.63, 3.8) is 0 Å². The SMILES string of the molecule is O=C(N[C@H](Nc1cc(C(F)(F)F)ccc1Cl)C(=O)c1ccccc1)c1ccco1. The lowest BCUT2D eigenvalue weighted by atomic mass is 10.1. The number of benzene rings is 2. The maximum atomic E-state index is 13.0. The van der Waals surface area contributed by atoms with E-state index in [2.05, 4.69) is 10.6 Å². The van der Waals surface area contributed by atoms with E-state index >= 15 is 0 Å². The molecule has 0 aliphatic carbocycles. The van der Waals surface area contributed by atoms with Crippen LogP contribution in [0.4, 0.5) is 18.9 Å². The molecule has 2 N–H and O–H groups in total. The minimum atomic E-state index is -4.60. The van der Waals surface area contributed by atoms with Crippen LogP contribution in [0, 0.1) is 0 Å². The third kappa shape index (κ3) is 4.97. The summed E-state index contributed by atoms with van der Waals surface area (Å²) in [5.41, 5.74) is -0.865. The van der Waals surface area contributed by atoms with E-state index < -0.39 is 29.6 Å². The normalized spacial score (nSPS) is 12.3. The van der Waals surface area contributed by atoms with Gasteiger partial charge in [-0.15, -0.1) is 0 Å². The predicted molar refractivity (Wildman–Crippen MR) is 101 cm³/mol. The summed E-state index contributed by atoms with van der Waals surface area (Å²) in [5.74, 6) is -1.35. The van der Waals surface area contributed by atoms with Crippen molar-refractivity contribution in [2.75, 3.05) is 5.32 Å². The van der Waals surface area contributed by atoms with E-state index in [0.29, 0.717) is 0 Å². The van der Waals surface area contributed by atoms with Crippen molar-refractivity contribution in [3.05, 3.63) is 88.8 Å². The number of amides is 1. The molecule has 0 bridgehead atoms. The number of rotatable bonds is 6. The van der Waals surface area contributed by atoms with Crippen molar-refractivity contribution in [2.45, 2.75) is 12.3 Å². The summed E-state index contributed by atoms with van der Waals surface area (Å²) in [6.07, 6.45) is -4.71. The summed E-state index contributed by atoms with van der Waals surface area (Å²) in [6.45, 7) is 0. The number of hydrogen-bond donors (Lipinski definition) is 2. The molecule has 1 aromatic heterocycles. The van der Waals surface area contributed by atoms with Crippen molar-refractivity contribution in [2.24, 2.45) is 0 Å². The van der Waals surface area contributed by atoms with Crippen LogP contribution < -0.4 is 10.6 Å². The van der Waals surface area contributed by atoms with Crippen molar-refractivity contribution < 1.29 is 27.2 Å². The summed E-state index contributed by atoms with van der Waals surface area (Å²) in [4.78, 5) is 25.2. The lowest BCUT2D eigenvalue weighted by molar-refractivity contribution is -0.137. The Balaban J connectivity index is 1.93. The van der Waals surface area contributed by atoms with Gasteiger partial charge in [0.25, 0.3) is 5.91 Å². The van der Waals surface area contributed by atoms with Crippen LogP contribution in [0.25, 0.3) is 0 Å². The topological polar surface area (TPSA) is 71.3 Å². The minimum absolute atomic E-state index is 0.0453. The Morgan fingerprint density at radius 1 is 1.00 bits per heavy atom. The predicted octanol–water partition coefficient (Wildman–Crippen LogP) is 5.00. The first-order valence-electron chi connectivity index (χ1n) is 8.32. The summed E-state index contributed by atoms with van der Waals surface area (Å²) >= 11 is 6.00. The molecule has 0 saturated carbocycles. The molecule has 150 valence electrons. The summed E-state index contributed by atoms with van der Waals surface area (Å²) in [6, 6.07) is 13.5. The molecule has 3 rings (SSSR count). The molecule has 2 aromatic carbocycles. The Labute approximate surface area is 168 Å². The highest BCUT2D eigenvalue weighted by Gasteiger charge is 2.32. The second kappa shape index (κ2) is 8.40. The first kappa shape index (κ1) is 20.5. The van der Waals surface area contributed by atoms with Gasteiger partial charge in [-0.05, 0) is 30.3 Å². The molecule has 0 saturated heterocycles. The van der Waals surface area contributed by atoms with E-state index in [9.17, 15) is 22.8 Å². The molecule has 0 radical (unpaired) electrons. The van der Waals surface area contributed by atoms with Crippen molar-refractivity contribution in [1.29, 1.82) is 0 Å². The van der Waals surface area contributed by atoms with Crippen LogP contribution in [0.15, 0.2) is 71.3 Å². The fraction of sp³-hybridized carbons (Fsp3) is 0.100. The largest absolute Gasteiger partial charge is 0.459 e. The number of carbonyl (C=O) groups is 2. The van der Waals surface area contributed by atoms with E-state index in [1.807, 2.05) is 0 Å². The second-order valence-corrected chi connectivity index (χ2v) is 6.36. The molecular weight excluding hydrogens is 409 g/mol. The van der Waals surface area contributed by atoms with Crippen molar-refractivity contribution >= 4 is 29.0 Å². The Morgan fingerprint density at radius 2 is 1.72 bits per heavy atom. The highest BCUT2D eigenvalue weighted by molar-refractivity contribution is 6.33. The number of ketones is 1. The van der Waals surface area contributed by atoms with Crippen LogP contribution in [-0.4, -0.2) is 17.9 Å². The first-order chi connectivity index (χ1) is 13.8. The Hall–Kier alpha value is -3.26. The van der Waals surface area contributed by atoms with Crippen LogP contribution in [-0.2, 0) is 6.18 Å². The monoisotopic (exact) mass is 422 g/mol. The lowest BCUT2D eigenvalue weighted by Crippen LogP contribution is -2.46. The van der Waals surface area contributed by atoms with Gasteiger partial charge < -0.3 is 15.1 Å². The van der Waals surface area contributed by atoms with Crippen LogP contribution >= 0.6 is 11.6 Å². The number of anilines is 1. The van der Waals surface area contributed by atoms with Crippen molar-refractivity contribution in [1.82, 2.24) is 5.32 Å². The molecule has 0 aliphatic rings. The Bertz CT molecular complexity index is 1010. The Kier molecular flexibility index (Phi) is 5.93. The van der Waals surface area contributed by atoms with Crippen LogP contribution in [0.5, 0.6) is 0 Å². The molecule has 5 nitrogen and oxygen atoms in total. The highest BCUT2D eigenvalue weighted by atomic mass is 35.5. The number of nitrogens with one attached hydrogen (secondary N) is 2. The average Bonchev–Trinajstić information content (AvgIpc) is 3.23. The second-order valence-electron chi connectivity index (χ2n) is 5.95.